The summed E-state index contributed by atoms with van der Waals surface area (Å²) in [5.41, 5.74) is -1.63. The van der Waals surface area contributed by atoms with Gasteiger partial charge in [-0.3, -0.25) is 4.79 Å². The van der Waals surface area contributed by atoms with E-state index in [4.69, 9.17) is 14.2 Å². The van der Waals surface area contributed by atoms with Gasteiger partial charge in [0.25, 0.3) is 0 Å². The molecule has 0 radical (unpaired) electrons. The summed E-state index contributed by atoms with van der Waals surface area (Å²) in [7, 11) is 1.62. The Kier molecular flexibility index (Phi) is 5.65. The number of rotatable bonds is 10. The van der Waals surface area contributed by atoms with Crippen LogP contribution >= 0.6 is 0 Å². The summed E-state index contributed by atoms with van der Waals surface area (Å²) in [6, 6.07) is 0. The number of carbonyl (C=O) groups excluding carboxylic acids is 1. The molecule has 4 aliphatic rings. The molecular formula is C24H36O6. The van der Waals surface area contributed by atoms with Crippen LogP contribution in [0.1, 0.15) is 46.5 Å². The van der Waals surface area contributed by atoms with Crippen molar-refractivity contribution in [3.63, 3.8) is 0 Å². The summed E-state index contributed by atoms with van der Waals surface area (Å²) in [6.45, 7) is 7.74. The lowest BCUT2D eigenvalue weighted by atomic mass is 9.43. The SMILES string of the molecule is COCCOCOCC12CC3C(C)CCC3C3(C=O)CC1C=C(C(C)C)C32C(=O)O. The maximum atomic E-state index is 13.2. The van der Waals surface area contributed by atoms with Crippen LogP contribution in [0.25, 0.3) is 0 Å². The first kappa shape index (κ1) is 22.0. The Labute approximate surface area is 179 Å². The molecule has 6 nitrogen and oxygen atoms in total. The van der Waals surface area contributed by atoms with Gasteiger partial charge in [0, 0.05) is 12.5 Å². The summed E-state index contributed by atoms with van der Waals surface area (Å²) < 4.78 is 16.5. The fourth-order valence-corrected chi connectivity index (χ4v) is 8.12. The highest BCUT2D eigenvalue weighted by Gasteiger charge is 2.84. The van der Waals surface area contributed by atoms with Crippen molar-refractivity contribution in [3.8, 4) is 0 Å². The first-order valence-electron chi connectivity index (χ1n) is 11.4. The Hall–Kier alpha value is -1.24. The minimum Gasteiger partial charge on any atom is -0.481 e. The number of fused-ring (bicyclic) bond motifs is 2. The Morgan fingerprint density at radius 3 is 2.67 bits per heavy atom. The molecule has 0 aliphatic heterocycles. The van der Waals surface area contributed by atoms with E-state index in [1.54, 1.807) is 7.11 Å². The van der Waals surface area contributed by atoms with E-state index in [0.29, 0.717) is 38.1 Å². The van der Waals surface area contributed by atoms with Gasteiger partial charge in [-0.15, -0.1) is 0 Å². The highest BCUT2D eigenvalue weighted by molar-refractivity contribution is 5.90. The summed E-state index contributed by atoms with van der Waals surface area (Å²) in [5, 5.41) is 10.8. The second kappa shape index (κ2) is 7.72. The fourth-order valence-electron chi connectivity index (χ4n) is 8.12. The average molecular weight is 421 g/mol. The largest absolute Gasteiger partial charge is 0.481 e. The molecule has 3 fully saturated rings. The second-order valence-corrected chi connectivity index (χ2v) is 10.4. The van der Waals surface area contributed by atoms with Gasteiger partial charge in [0.2, 0.25) is 0 Å². The van der Waals surface area contributed by atoms with Crippen molar-refractivity contribution in [1.29, 1.82) is 0 Å². The molecule has 7 atom stereocenters. The molecule has 168 valence electrons. The number of carbonyl (C=O) groups is 2. The maximum Gasteiger partial charge on any atom is 0.315 e. The molecule has 30 heavy (non-hydrogen) atoms. The number of carboxylic acids is 1. The van der Waals surface area contributed by atoms with Crippen LogP contribution in [0.5, 0.6) is 0 Å². The van der Waals surface area contributed by atoms with Crippen LogP contribution in [0.2, 0.25) is 0 Å². The van der Waals surface area contributed by atoms with Crippen LogP contribution < -0.4 is 0 Å². The number of aldehydes is 1. The molecule has 0 aromatic rings. The minimum atomic E-state index is -1.17. The minimum absolute atomic E-state index is 0.0629. The molecule has 4 bridgehead atoms. The molecule has 4 rings (SSSR count). The van der Waals surface area contributed by atoms with E-state index < -0.39 is 22.2 Å². The van der Waals surface area contributed by atoms with E-state index in [1.165, 1.54) is 0 Å². The van der Waals surface area contributed by atoms with E-state index >= 15 is 0 Å². The molecule has 0 amide bonds. The third-order valence-corrected chi connectivity index (χ3v) is 9.08. The Morgan fingerprint density at radius 1 is 1.27 bits per heavy atom. The third-order valence-electron chi connectivity index (χ3n) is 9.08. The van der Waals surface area contributed by atoms with Crippen LogP contribution in [0.15, 0.2) is 11.6 Å². The van der Waals surface area contributed by atoms with Crippen molar-refractivity contribution in [2.75, 3.05) is 33.7 Å². The van der Waals surface area contributed by atoms with E-state index in [9.17, 15) is 14.7 Å². The number of hydrogen-bond acceptors (Lipinski definition) is 5. The van der Waals surface area contributed by atoms with Gasteiger partial charge in [0.05, 0.1) is 25.2 Å². The lowest BCUT2D eigenvalue weighted by molar-refractivity contribution is -0.192. The normalized spacial score (nSPS) is 43.7. The summed E-state index contributed by atoms with van der Waals surface area (Å²) in [5.74, 6) is 0.353. The van der Waals surface area contributed by atoms with Crippen LogP contribution in [-0.2, 0) is 23.8 Å². The number of methoxy groups -OCH3 is 1. The molecule has 0 aromatic heterocycles. The van der Waals surface area contributed by atoms with Gasteiger partial charge in [-0.05, 0) is 48.9 Å². The smallest absolute Gasteiger partial charge is 0.315 e. The summed E-state index contributed by atoms with van der Waals surface area (Å²) in [4.78, 5) is 26.1. The van der Waals surface area contributed by atoms with Crippen molar-refractivity contribution < 1.29 is 28.9 Å². The van der Waals surface area contributed by atoms with Crippen LogP contribution in [0.3, 0.4) is 0 Å². The van der Waals surface area contributed by atoms with Crippen molar-refractivity contribution in [1.82, 2.24) is 0 Å². The Bertz CT molecular complexity index is 731. The van der Waals surface area contributed by atoms with Crippen molar-refractivity contribution >= 4 is 12.3 Å². The molecule has 4 aliphatic carbocycles. The topological polar surface area (TPSA) is 82.1 Å². The van der Waals surface area contributed by atoms with Crippen LogP contribution in [-0.4, -0.2) is 51.1 Å². The number of hydrogen-bond donors (Lipinski definition) is 1. The molecule has 0 spiro atoms. The molecule has 1 N–H and O–H groups in total. The zero-order chi connectivity index (χ0) is 21.7. The molecule has 3 saturated carbocycles. The predicted octanol–water partition coefficient (Wildman–Crippen LogP) is 3.55. The zero-order valence-electron chi connectivity index (χ0n) is 18.7. The second-order valence-electron chi connectivity index (χ2n) is 10.4. The van der Waals surface area contributed by atoms with Gasteiger partial charge in [0.15, 0.2) is 0 Å². The fraction of sp³-hybridized carbons (Fsp3) is 0.833. The van der Waals surface area contributed by atoms with Gasteiger partial charge in [-0.25, -0.2) is 0 Å². The monoisotopic (exact) mass is 420 g/mol. The molecule has 0 saturated heterocycles. The van der Waals surface area contributed by atoms with Crippen molar-refractivity contribution in [2.24, 2.45) is 45.8 Å². The molecule has 6 heteroatoms. The molecular weight excluding hydrogens is 384 g/mol. The van der Waals surface area contributed by atoms with Gasteiger partial charge in [0.1, 0.15) is 18.5 Å². The van der Waals surface area contributed by atoms with Gasteiger partial charge in [-0.1, -0.05) is 38.8 Å². The molecule has 0 heterocycles. The number of carboxylic acid groups (broad SMARTS) is 1. The number of ether oxygens (including phenoxy) is 3. The van der Waals surface area contributed by atoms with Crippen LogP contribution in [0, 0.1) is 45.8 Å². The average Bonchev–Trinajstić information content (AvgIpc) is 3.27. The van der Waals surface area contributed by atoms with Crippen LogP contribution in [0.4, 0.5) is 0 Å². The van der Waals surface area contributed by atoms with E-state index in [1.807, 2.05) is 0 Å². The molecule has 7 unspecified atom stereocenters. The quantitative estimate of drug-likeness (QED) is 0.252. The maximum absolute atomic E-state index is 13.2. The summed E-state index contributed by atoms with van der Waals surface area (Å²) >= 11 is 0. The standard InChI is InChI=1S/C24H36O6/c1-15(2)20-9-17-10-22(12-25)19-6-5-16(3)18(19)11-23(17,24(20,22)21(26)27)13-30-14-29-8-7-28-4/h9,12,15-19H,5-8,10-11,13-14H2,1-4H3,(H,26,27). The third kappa shape index (κ3) is 2.53. The first-order chi connectivity index (χ1) is 14.3. The van der Waals surface area contributed by atoms with E-state index in [-0.39, 0.29) is 24.5 Å². The zero-order valence-corrected chi connectivity index (χ0v) is 18.7. The number of allylic oxidation sites excluding steroid dienone is 1. The van der Waals surface area contributed by atoms with Crippen molar-refractivity contribution in [2.45, 2.75) is 46.5 Å². The van der Waals surface area contributed by atoms with E-state index in [0.717, 1.165) is 31.1 Å². The van der Waals surface area contributed by atoms with E-state index in [2.05, 4.69) is 26.8 Å². The van der Waals surface area contributed by atoms with Gasteiger partial charge in [-0.2, -0.15) is 0 Å². The highest BCUT2D eigenvalue weighted by Crippen LogP contribution is 2.82. The number of aliphatic carboxylic acids is 1. The first-order valence-corrected chi connectivity index (χ1v) is 11.4. The Balaban J connectivity index is 1.75. The highest BCUT2D eigenvalue weighted by atomic mass is 16.7. The lowest BCUT2D eigenvalue weighted by Gasteiger charge is -2.58. The predicted molar refractivity (Wildman–Crippen MR) is 111 cm³/mol. The summed E-state index contributed by atoms with van der Waals surface area (Å²) in [6.07, 6.45) is 6.73. The van der Waals surface area contributed by atoms with Crippen molar-refractivity contribution in [3.05, 3.63) is 11.6 Å². The molecule has 0 aromatic carbocycles. The Morgan fingerprint density at radius 2 is 2.03 bits per heavy atom. The van der Waals surface area contributed by atoms with Gasteiger partial charge >= 0.3 is 5.97 Å². The lowest BCUT2D eigenvalue weighted by Crippen LogP contribution is -2.63. The van der Waals surface area contributed by atoms with Gasteiger partial charge < -0.3 is 24.1 Å².